The molecule has 0 bridgehead atoms. The molecule has 1 rings (SSSR count). The fourth-order valence-corrected chi connectivity index (χ4v) is 6.79. The van der Waals surface area contributed by atoms with E-state index < -0.39 is 25.1 Å². The third-order valence-electron chi connectivity index (χ3n) is 2.92. The summed E-state index contributed by atoms with van der Waals surface area (Å²) in [6.07, 6.45) is 1.74. The molecule has 0 N–H and O–H groups in total. The van der Waals surface area contributed by atoms with Crippen molar-refractivity contribution >= 4 is 19.9 Å². The van der Waals surface area contributed by atoms with Gasteiger partial charge in [-0.05, 0) is 19.3 Å². The number of hydrogen-bond donors (Lipinski definition) is 0. The molecule has 102 valence electrons. The fourth-order valence-electron chi connectivity index (χ4n) is 2.07. The van der Waals surface area contributed by atoms with Gasteiger partial charge in [-0.15, -0.1) is 0 Å². The van der Waals surface area contributed by atoms with Gasteiger partial charge in [-0.2, -0.15) is 0 Å². The van der Waals surface area contributed by atoms with Crippen molar-refractivity contribution < 1.29 is 16.8 Å². The predicted molar refractivity (Wildman–Crippen MR) is 68.1 cm³/mol. The van der Waals surface area contributed by atoms with Gasteiger partial charge in [0.25, 0.3) is 0 Å². The first-order chi connectivity index (χ1) is 7.83. The molecule has 0 amide bonds. The topological polar surface area (TPSA) is 71.5 Å². The van der Waals surface area contributed by atoms with Crippen molar-refractivity contribution in [3.63, 3.8) is 0 Å². The molecule has 5 nitrogen and oxygen atoms in total. The first-order valence-electron chi connectivity index (χ1n) is 6.03. The van der Waals surface area contributed by atoms with E-state index in [2.05, 4.69) is 0 Å². The van der Waals surface area contributed by atoms with Crippen LogP contribution < -0.4 is 0 Å². The molecular formula is C10H21NO4S2. The Bertz CT molecular complexity index is 435. The number of sulfone groups is 1. The summed E-state index contributed by atoms with van der Waals surface area (Å²) in [6, 6.07) is 0. The summed E-state index contributed by atoms with van der Waals surface area (Å²) >= 11 is 0. The minimum absolute atomic E-state index is 0.00296. The van der Waals surface area contributed by atoms with Crippen molar-refractivity contribution in [3.8, 4) is 0 Å². The summed E-state index contributed by atoms with van der Waals surface area (Å²) in [4.78, 5) is 0. The standard InChI is InChI=1S/C10H21NO4S2/c1-3-6-11(7-4-2)17(14,15)10-5-8-16(12,13)9-10/h10H,3-9H2,1-2H3/t10-/m0/s1. The number of sulfonamides is 1. The molecule has 0 radical (unpaired) electrons. The maximum Gasteiger partial charge on any atom is 0.218 e. The van der Waals surface area contributed by atoms with Gasteiger partial charge in [0.2, 0.25) is 10.0 Å². The molecule has 7 heteroatoms. The minimum atomic E-state index is -3.44. The van der Waals surface area contributed by atoms with Crippen molar-refractivity contribution in [1.29, 1.82) is 0 Å². The Morgan fingerprint density at radius 2 is 1.71 bits per heavy atom. The molecule has 1 saturated heterocycles. The molecule has 0 spiro atoms. The van der Waals surface area contributed by atoms with Crippen LogP contribution in [-0.4, -0.2) is 51.0 Å². The molecular weight excluding hydrogens is 262 g/mol. The SMILES string of the molecule is CCCN(CCC)S(=O)(=O)[C@H]1CCS(=O)(=O)C1. The van der Waals surface area contributed by atoms with Crippen LogP contribution in [0.25, 0.3) is 0 Å². The van der Waals surface area contributed by atoms with Crippen molar-refractivity contribution in [1.82, 2.24) is 4.31 Å². The van der Waals surface area contributed by atoms with Gasteiger partial charge in [-0.3, -0.25) is 0 Å². The van der Waals surface area contributed by atoms with Crippen LogP contribution in [0.2, 0.25) is 0 Å². The van der Waals surface area contributed by atoms with Gasteiger partial charge in [-0.1, -0.05) is 13.8 Å². The van der Waals surface area contributed by atoms with E-state index in [0.717, 1.165) is 12.8 Å². The first kappa shape index (κ1) is 14.9. The summed E-state index contributed by atoms with van der Waals surface area (Å²) < 4.78 is 48.7. The molecule has 0 saturated carbocycles. The Labute approximate surface area is 104 Å². The van der Waals surface area contributed by atoms with E-state index in [1.807, 2.05) is 13.8 Å². The van der Waals surface area contributed by atoms with Crippen LogP contribution in [-0.2, 0) is 19.9 Å². The molecule has 1 heterocycles. The smallest absolute Gasteiger partial charge is 0.218 e. The Balaban J connectivity index is 2.85. The molecule has 0 unspecified atom stereocenters. The van der Waals surface area contributed by atoms with Gasteiger partial charge in [0.15, 0.2) is 9.84 Å². The summed E-state index contributed by atoms with van der Waals surface area (Å²) in [7, 11) is -6.59. The lowest BCUT2D eigenvalue weighted by molar-refractivity contribution is 0.404. The zero-order valence-electron chi connectivity index (χ0n) is 10.4. The predicted octanol–water partition coefficient (Wildman–Crippen LogP) is 0.625. The largest absolute Gasteiger partial charge is 0.229 e. The molecule has 1 aliphatic rings. The zero-order chi connectivity index (χ0) is 13.1. The molecule has 1 atom stereocenters. The molecule has 0 aromatic carbocycles. The van der Waals surface area contributed by atoms with E-state index in [1.165, 1.54) is 4.31 Å². The second kappa shape index (κ2) is 5.67. The molecule has 0 aromatic rings. The Hall–Kier alpha value is -0.140. The van der Waals surface area contributed by atoms with Crippen LogP contribution in [0.4, 0.5) is 0 Å². The third kappa shape index (κ3) is 3.66. The number of nitrogens with zero attached hydrogens (tertiary/aromatic N) is 1. The van der Waals surface area contributed by atoms with Gasteiger partial charge < -0.3 is 0 Å². The minimum Gasteiger partial charge on any atom is -0.229 e. The molecule has 17 heavy (non-hydrogen) atoms. The Kier molecular flexibility index (Phi) is 4.97. The van der Waals surface area contributed by atoms with Crippen LogP contribution >= 0.6 is 0 Å². The van der Waals surface area contributed by atoms with Crippen molar-refractivity contribution in [2.45, 2.75) is 38.4 Å². The molecule has 1 fully saturated rings. The van der Waals surface area contributed by atoms with Gasteiger partial charge in [0.1, 0.15) is 0 Å². The van der Waals surface area contributed by atoms with E-state index in [9.17, 15) is 16.8 Å². The van der Waals surface area contributed by atoms with Crippen LogP contribution in [0.5, 0.6) is 0 Å². The molecule has 1 aliphatic heterocycles. The van der Waals surface area contributed by atoms with Gasteiger partial charge in [0, 0.05) is 13.1 Å². The molecule has 0 aromatic heterocycles. The summed E-state index contributed by atoms with van der Waals surface area (Å²) in [6.45, 7) is 4.80. The molecule has 0 aliphatic carbocycles. The zero-order valence-corrected chi connectivity index (χ0v) is 12.1. The highest BCUT2D eigenvalue weighted by atomic mass is 32.2. The second-order valence-electron chi connectivity index (χ2n) is 4.47. The Morgan fingerprint density at radius 1 is 1.18 bits per heavy atom. The summed E-state index contributed by atoms with van der Waals surface area (Å²) in [5, 5.41) is -0.731. The van der Waals surface area contributed by atoms with Crippen LogP contribution in [0.1, 0.15) is 33.1 Å². The summed E-state index contributed by atoms with van der Waals surface area (Å²) in [5.74, 6) is -0.206. The van der Waals surface area contributed by atoms with Crippen molar-refractivity contribution in [2.75, 3.05) is 24.6 Å². The van der Waals surface area contributed by atoms with Gasteiger partial charge in [-0.25, -0.2) is 21.1 Å². The maximum atomic E-state index is 12.3. The van der Waals surface area contributed by atoms with E-state index in [4.69, 9.17) is 0 Å². The van der Waals surface area contributed by atoms with E-state index >= 15 is 0 Å². The summed E-state index contributed by atoms with van der Waals surface area (Å²) in [5.41, 5.74) is 0. The quantitative estimate of drug-likeness (QED) is 0.716. The monoisotopic (exact) mass is 283 g/mol. The highest BCUT2D eigenvalue weighted by Crippen LogP contribution is 2.22. The highest BCUT2D eigenvalue weighted by Gasteiger charge is 2.39. The normalized spacial score (nSPS) is 24.3. The maximum absolute atomic E-state index is 12.3. The van der Waals surface area contributed by atoms with E-state index in [1.54, 1.807) is 0 Å². The van der Waals surface area contributed by atoms with Gasteiger partial charge in [0.05, 0.1) is 16.8 Å². The lowest BCUT2D eigenvalue weighted by atomic mass is 10.4. The van der Waals surface area contributed by atoms with E-state index in [-0.39, 0.29) is 17.9 Å². The highest BCUT2D eigenvalue weighted by molar-refractivity contribution is 7.95. The number of rotatable bonds is 6. The van der Waals surface area contributed by atoms with Gasteiger partial charge >= 0.3 is 0 Å². The average Bonchev–Trinajstić information content (AvgIpc) is 2.59. The average molecular weight is 283 g/mol. The third-order valence-corrected chi connectivity index (χ3v) is 7.23. The van der Waals surface area contributed by atoms with Crippen LogP contribution in [0.3, 0.4) is 0 Å². The van der Waals surface area contributed by atoms with Crippen LogP contribution in [0.15, 0.2) is 0 Å². The fraction of sp³-hybridized carbons (Fsp3) is 1.00. The van der Waals surface area contributed by atoms with E-state index in [0.29, 0.717) is 13.1 Å². The number of hydrogen-bond acceptors (Lipinski definition) is 4. The lowest BCUT2D eigenvalue weighted by Crippen LogP contribution is -2.40. The van der Waals surface area contributed by atoms with Crippen molar-refractivity contribution in [3.05, 3.63) is 0 Å². The van der Waals surface area contributed by atoms with Crippen LogP contribution in [0, 0.1) is 0 Å². The Morgan fingerprint density at radius 3 is 2.06 bits per heavy atom. The second-order valence-corrected chi connectivity index (χ2v) is 8.91. The lowest BCUT2D eigenvalue weighted by Gasteiger charge is -2.24. The van der Waals surface area contributed by atoms with Crippen molar-refractivity contribution in [2.24, 2.45) is 0 Å². The first-order valence-corrected chi connectivity index (χ1v) is 9.35.